The van der Waals surface area contributed by atoms with Gasteiger partial charge in [-0.25, -0.2) is 0 Å². The van der Waals surface area contributed by atoms with Crippen molar-refractivity contribution in [2.75, 3.05) is 5.75 Å². The maximum absolute atomic E-state index is 9.62. The Hall–Kier alpha value is 0.146. The topological polar surface area (TPSA) is 91.7 Å². The Labute approximate surface area is 68.0 Å². The van der Waals surface area contributed by atoms with Crippen molar-refractivity contribution in [1.82, 2.24) is 0 Å². The maximum atomic E-state index is 9.62. The van der Waals surface area contributed by atoms with E-state index in [1.54, 1.807) is 0 Å². The van der Waals surface area contributed by atoms with Gasteiger partial charge < -0.3 is 5.11 Å². The third-order valence-electron chi connectivity index (χ3n) is 0.306. The molecule has 0 spiro atoms. The van der Waals surface area contributed by atoms with Crippen LogP contribution in [0.2, 0.25) is 0 Å². The molecule has 0 aromatic rings. The van der Waals surface area contributed by atoms with Gasteiger partial charge in [0.15, 0.2) is 5.75 Å². The van der Waals surface area contributed by atoms with Gasteiger partial charge in [-0.3, -0.25) is 9.35 Å². The molecule has 0 radical (unpaired) electrons. The van der Waals surface area contributed by atoms with Crippen molar-refractivity contribution >= 4 is 39.1 Å². The van der Waals surface area contributed by atoms with Crippen molar-refractivity contribution in [3.8, 4) is 0 Å². The van der Waals surface area contributed by atoms with Crippen LogP contribution in [0.4, 0.5) is 0 Å². The van der Waals surface area contributed by atoms with Gasteiger partial charge in [-0.15, -0.1) is 0 Å². The van der Waals surface area contributed by atoms with Crippen molar-refractivity contribution in [2.24, 2.45) is 0 Å². The summed E-state index contributed by atoms with van der Waals surface area (Å²) in [7, 11) is -4.32. The number of carbonyl (C=O) groups is 1. The Morgan fingerprint density at radius 2 is 1.78 bits per heavy atom. The van der Waals surface area contributed by atoms with Crippen molar-refractivity contribution in [2.45, 2.75) is 0 Å². The highest BCUT2D eigenvalue weighted by Crippen LogP contribution is 1.78. The summed E-state index contributed by atoms with van der Waals surface area (Å²) in [4.78, 5) is 9.48. The van der Waals surface area contributed by atoms with Gasteiger partial charge in [0.2, 0.25) is 0 Å². The van der Waals surface area contributed by atoms with Crippen LogP contribution in [0, 0.1) is 0 Å². The van der Waals surface area contributed by atoms with Crippen LogP contribution >= 0.6 is 0 Å². The standard InChI is InChI=1S/C2H4O5S.Mg.2H/c3-2(4)1-8(5,6)7;;;/h1H2,(H,3,4)(H,5,6,7);;;. The molecular formula is C2H6MgO5S. The van der Waals surface area contributed by atoms with Gasteiger partial charge in [-0.2, -0.15) is 8.42 Å². The van der Waals surface area contributed by atoms with Gasteiger partial charge in [0.05, 0.1) is 0 Å². The summed E-state index contributed by atoms with van der Waals surface area (Å²) in [5.41, 5.74) is 0. The predicted octanol–water partition coefficient (Wildman–Crippen LogP) is -1.96. The molecular weight excluding hydrogens is 160 g/mol. The molecule has 0 amide bonds. The molecule has 52 valence electrons. The van der Waals surface area contributed by atoms with Crippen LogP contribution < -0.4 is 0 Å². The highest BCUT2D eigenvalue weighted by atomic mass is 32.2. The summed E-state index contributed by atoms with van der Waals surface area (Å²) in [6.45, 7) is 0. The lowest BCUT2D eigenvalue weighted by molar-refractivity contribution is -0.134. The Morgan fingerprint density at radius 1 is 1.44 bits per heavy atom. The van der Waals surface area contributed by atoms with Gasteiger partial charge in [0.25, 0.3) is 10.1 Å². The van der Waals surface area contributed by atoms with E-state index < -0.39 is 21.8 Å². The van der Waals surface area contributed by atoms with E-state index in [1.165, 1.54) is 0 Å². The van der Waals surface area contributed by atoms with Crippen LogP contribution in [0.3, 0.4) is 0 Å². The van der Waals surface area contributed by atoms with Crippen LogP contribution in [-0.4, -0.2) is 52.9 Å². The molecule has 5 nitrogen and oxygen atoms in total. The Balaban J connectivity index is 0. The zero-order chi connectivity index (χ0) is 6.78. The lowest BCUT2D eigenvalue weighted by atomic mass is 10.8. The van der Waals surface area contributed by atoms with Crippen LogP contribution in [0.25, 0.3) is 0 Å². The molecule has 0 aliphatic carbocycles. The Bertz CT molecular complexity index is 181. The second kappa shape index (κ2) is 4.04. The average molecular weight is 166 g/mol. The number of hydrogen-bond acceptors (Lipinski definition) is 3. The molecule has 0 rings (SSSR count). The summed E-state index contributed by atoms with van der Waals surface area (Å²) in [5.74, 6) is -2.79. The molecule has 2 N–H and O–H groups in total. The summed E-state index contributed by atoms with van der Waals surface area (Å²) < 4.78 is 27.0. The van der Waals surface area contributed by atoms with Crippen molar-refractivity contribution in [3.63, 3.8) is 0 Å². The second-order valence-electron chi connectivity index (χ2n) is 1.12. The summed E-state index contributed by atoms with van der Waals surface area (Å²) in [6, 6.07) is 0. The molecule has 0 fully saturated rings. The molecule has 0 aliphatic rings. The van der Waals surface area contributed by atoms with Gasteiger partial charge in [-0.05, 0) is 0 Å². The molecule has 0 saturated heterocycles. The molecule has 0 aliphatic heterocycles. The monoisotopic (exact) mass is 166 g/mol. The minimum atomic E-state index is -4.32. The van der Waals surface area contributed by atoms with E-state index in [4.69, 9.17) is 9.66 Å². The van der Waals surface area contributed by atoms with Gasteiger partial charge in [0.1, 0.15) is 0 Å². The van der Waals surface area contributed by atoms with Gasteiger partial charge in [0, 0.05) is 0 Å². The third-order valence-corrected chi connectivity index (χ3v) is 0.918. The number of carboxylic acids is 1. The van der Waals surface area contributed by atoms with Crippen LogP contribution in [-0.2, 0) is 14.9 Å². The lowest BCUT2D eigenvalue weighted by Gasteiger charge is -1.85. The Kier molecular flexibility index (Phi) is 5.34. The SMILES string of the molecule is O=C(O)CS(=O)(=O)O.[MgH2]. The first-order valence-corrected chi connectivity index (χ1v) is 3.20. The van der Waals surface area contributed by atoms with E-state index in [9.17, 15) is 13.2 Å². The smallest absolute Gasteiger partial charge is 0.321 e. The number of rotatable bonds is 2. The summed E-state index contributed by atoms with van der Waals surface area (Å²) in [5, 5.41) is 7.71. The first kappa shape index (κ1) is 11.9. The van der Waals surface area contributed by atoms with Gasteiger partial charge >= 0.3 is 29.0 Å². The summed E-state index contributed by atoms with van der Waals surface area (Å²) >= 11 is 0. The normalized spacial score (nSPS) is 9.89. The average Bonchev–Trinajstić information content (AvgIpc) is 1.21. The molecule has 0 saturated carbocycles. The van der Waals surface area contributed by atoms with Crippen LogP contribution in [0.5, 0.6) is 0 Å². The van der Waals surface area contributed by atoms with E-state index in [-0.39, 0.29) is 23.1 Å². The van der Waals surface area contributed by atoms with E-state index in [0.717, 1.165) is 0 Å². The minimum absolute atomic E-state index is 0. The molecule has 7 heteroatoms. The zero-order valence-electron chi connectivity index (χ0n) is 3.73. The third kappa shape index (κ3) is 11.6. The highest BCUT2D eigenvalue weighted by Gasteiger charge is 2.09. The molecule has 0 aromatic heterocycles. The molecule has 0 aromatic carbocycles. The van der Waals surface area contributed by atoms with E-state index in [0.29, 0.717) is 0 Å². The molecule has 0 heterocycles. The fraction of sp³-hybridized carbons (Fsp3) is 0.500. The molecule has 0 atom stereocenters. The quantitative estimate of drug-likeness (QED) is 0.367. The fourth-order valence-electron chi connectivity index (χ4n) is 0.156. The van der Waals surface area contributed by atoms with E-state index in [1.807, 2.05) is 0 Å². The minimum Gasteiger partial charge on any atom is -0.480 e. The van der Waals surface area contributed by atoms with Crippen LogP contribution in [0.15, 0.2) is 0 Å². The first-order chi connectivity index (χ1) is 3.42. The molecule has 9 heavy (non-hydrogen) atoms. The number of aliphatic carboxylic acids is 1. The van der Waals surface area contributed by atoms with Crippen molar-refractivity contribution in [1.29, 1.82) is 0 Å². The second-order valence-corrected chi connectivity index (χ2v) is 2.57. The van der Waals surface area contributed by atoms with Gasteiger partial charge in [-0.1, -0.05) is 0 Å². The van der Waals surface area contributed by atoms with E-state index >= 15 is 0 Å². The predicted molar refractivity (Wildman–Crippen MR) is 32.6 cm³/mol. The lowest BCUT2D eigenvalue weighted by Crippen LogP contribution is -2.13. The largest absolute Gasteiger partial charge is 0.480 e. The zero-order valence-corrected chi connectivity index (χ0v) is 4.55. The number of hydrogen-bond donors (Lipinski definition) is 2. The maximum Gasteiger partial charge on any atom is 0.321 e. The van der Waals surface area contributed by atoms with E-state index in [2.05, 4.69) is 0 Å². The number of carboxylic acid groups (broad SMARTS) is 1. The summed E-state index contributed by atoms with van der Waals surface area (Å²) in [6.07, 6.45) is 0. The van der Waals surface area contributed by atoms with Crippen molar-refractivity contribution < 1.29 is 22.9 Å². The van der Waals surface area contributed by atoms with Crippen molar-refractivity contribution in [3.05, 3.63) is 0 Å². The first-order valence-electron chi connectivity index (χ1n) is 1.59. The Morgan fingerprint density at radius 3 is 1.78 bits per heavy atom. The van der Waals surface area contributed by atoms with Crippen LogP contribution in [0.1, 0.15) is 0 Å². The highest BCUT2D eigenvalue weighted by molar-refractivity contribution is 7.86. The molecule has 0 bridgehead atoms. The fourth-order valence-corrected chi connectivity index (χ4v) is 0.468. The molecule has 0 unspecified atom stereocenters.